The molecule has 0 unspecified atom stereocenters. The van der Waals surface area contributed by atoms with E-state index in [9.17, 15) is 4.79 Å². The summed E-state index contributed by atoms with van der Waals surface area (Å²) in [5.41, 5.74) is 1.66. The number of aromatic nitrogens is 2. The molecule has 2 aromatic rings. The lowest BCUT2D eigenvalue weighted by molar-refractivity contribution is 0.0915. The molecule has 1 aromatic carbocycles. The summed E-state index contributed by atoms with van der Waals surface area (Å²) in [6, 6.07) is 11.7. The number of hydrogen-bond donors (Lipinski definition) is 0. The molecule has 1 heterocycles. The maximum atomic E-state index is 12.4. The molecule has 0 atom stereocenters. The maximum absolute atomic E-state index is 12.4. The first-order valence-corrected chi connectivity index (χ1v) is 6.50. The number of hydrogen-bond acceptors (Lipinski definition) is 2. The zero-order valence-electron chi connectivity index (χ0n) is 10.2. The lowest BCUT2D eigenvalue weighted by Gasteiger charge is -2.10. The van der Waals surface area contributed by atoms with E-state index in [1.807, 2.05) is 36.4 Å². The Morgan fingerprint density at radius 1 is 1.11 bits per heavy atom. The predicted molar refractivity (Wildman–Crippen MR) is 69.9 cm³/mol. The normalized spacial score (nSPS) is 16.0. The molecule has 0 spiro atoms. The van der Waals surface area contributed by atoms with Gasteiger partial charge in [0.2, 0.25) is 0 Å². The van der Waals surface area contributed by atoms with Crippen LogP contribution in [0.2, 0.25) is 0 Å². The number of Topliss-reactive ketones (excluding diaryl/α,β-unsaturated/α-hetero) is 1. The zero-order chi connectivity index (χ0) is 12.4. The molecule has 1 fully saturated rings. The number of rotatable bonds is 3. The number of ketones is 1. The van der Waals surface area contributed by atoms with Gasteiger partial charge < -0.3 is 0 Å². The van der Waals surface area contributed by atoms with Crippen molar-refractivity contribution in [2.45, 2.75) is 25.7 Å². The molecule has 0 radical (unpaired) electrons. The third-order valence-corrected chi connectivity index (χ3v) is 3.62. The fourth-order valence-electron chi connectivity index (χ4n) is 2.66. The molecule has 3 rings (SSSR count). The van der Waals surface area contributed by atoms with Gasteiger partial charge in [-0.25, -0.2) is 4.68 Å². The largest absolute Gasteiger partial charge is 0.292 e. The number of benzene rings is 1. The van der Waals surface area contributed by atoms with Crippen molar-refractivity contribution in [3.63, 3.8) is 0 Å². The Morgan fingerprint density at radius 3 is 2.56 bits per heavy atom. The number of carbonyl (C=O) groups excluding carboxylic acids is 1. The van der Waals surface area contributed by atoms with Crippen LogP contribution >= 0.6 is 0 Å². The second kappa shape index (κ2) is 4.77. The maximum Gasteiger partial charge on any atom is 0.184 e. The highest BCUT2D eigenvalue weighted by Gasteiger charge is 2.26. The second-order valence-electron chi connectivity index (χ2n) is 4.81. The Hall–Kier alpha value is -1.90. The van der Waals surface area contributed by atoms with Gasteiger partial charge in [0, 0.05) is 5.92 Å². The summed E-state index contributed by atoms with van der Waals surface area (Å²) >= 11 is 0. The summed E-state index contributed by atoms with van der Waals surface area (Å²) in [6.07, 6.45) is 6.11. The fourth-order valence-corrected chi connectivity index (χ4v) is 2.66. The van der Waals surface area contributed by atoms with Crippen molar-refractivity contribution in [3.05, 3.63) is 48.3 Å². The number of para-hydroxylation sites is 1. The first-order valence-electron chi connectivity index (χ1n) is 6.50. The van der Waals surface area contributed by atoms with E-state index in [0.717, 1.165) is 18.5 Å². The van der Waals surface area contributed by atoms with Gasteiger partial charge in [-0.3, -0.25) is 4.79 Å². The van der Waals surface area contributed by atoms with Gasteiger partial charge >= 0.3 is 0 Å². The molecule has 1 aromatic heterocycles. The topological polar surface area (TPSA) is 34.9 Å². The van der Waals surface area contributed by atoms with E-state index >= 15 is 0 Å². The van der Waals surface area contributed by atoms with E-state index in [1.54, 1.807) is 10.9 Å². The van der Waals surface area contributed by atoms with Crippen molar-refractivity contribution in [2.24, 2.45) is 5.92 Å². The molecule has 1 aliphatic rings. The Bertz CT molecular complexity index is 539. The minimum atomic E-state index is 0.198. The van der Waals surface area contributed by atoms with Gasteiger partial charge in [0.05, 0.1) is 11.9 Å². The average Bonchev–Trinajstić information content (AvgIpc) is 3.10. The van der Waals surface area contributed by atoms with E-state index in [1.165, 1.54) is 12.8 Å². The van der Waals surface area contributed by atoms with Crippen LogP contribution in [0.25, 0.3) is 5.69 Å². The molecule has 1 aliphatic carbocycles. The van der Waals surface area contributed by atoms with Gasteiger partial charge in [-0.1, -0.05) is 31.0 Å². The van der Waals surface area contributed by atoms with Gasteiger partial charge in [-0.05, 0) is 31.0 Å². The minimum Gasteiger partial charge on any atom is -0.292 e. The van der Waals surface area contributed by atoms with Crippen LogP contribution < -0.4 is 0 Å². The summed E-state index contributed by atoms with van der Waals surface area (Å²) in [5, 5.41) is 4.27. The molecular weight excluding hydrogens is 224 g/mol. The zero-order valence-corrected chi connectivity index (χ0v) is 10.2. The smallest absolute Gasteiger partial charge is 0.184 e. The first kappa shape index (κ1) is 11.2. The van der Waals surface area contributed by atoms with Crippen molar-refractivity contribution >= 4 is 5.78 Å². The lowest BCUT2D eigenvalue weighted by atomic mass is 10.00. The van der Waals surface area contributed by atoms with E-state index in [0.29, 0.717) is 5.69 Å². The van der Waals surface area contributed by atoms with Gasteiger partial charge in [0.15, 0.2) is 5.78 Å². The first-order chi connectivity index (χ1) is 8.86. The van der Waals surface area contributed by atoms with Crippen molar-refractivity contribution in [1.29, 1.82) is 0 Å². The highest BCUT2D eigenvalue weighted by atomic mass is 16.1. The van der Waals surface area contributed by atoms with Crippen LogP contribution in [0, 0.1) is 5.92 Å². The predicted octanol–water partition coefficient (Wildman–Crippen LogP) is 3.25. The van der Waals surface area contributed by atoms with E-state index in [2.05, 4.69) is 5.10 Å². The van der Waals surface area contributed by atoms with Crippen LogP contribution in [0.15, 0.2) is 42.6 Å². The Morgan fingerprint density at radius 2 is 1.83 bits per heavy atom. The van der Waals surface area contributed by atoms with E-state index in [4.69, 9.17) is 0 Å². The van der Waals surface area contributed by atoms with Gasteiger partial charge in [-0.2, -0.15) is 5.10 Å². The average molecular weight is 240 g/mol. The highest BCUT2D eigenvalue weighted by molar-refractivity contribution is 5.96. The molecule has 0 N–H and O–H groups in total. The molecule has 92 valence electrons. The summed E-state index contributed by atoms with van der Waals surface area (Å²) in [6.45, 7) is 0. The monoisotopic (exact) mass is 240 g/mol. The van der Waals surface area contributed by atoms with Crippen LogP contribution in [0.3, 0.4) is 0 Å². The molecule has 1 saturated carbocycles. The summed E-state index contributed by atoms with van der Waals surface area (Å²) in [7, 11) is 0. The lowest BCUT2D eigenvalue weighted by Crippen LogP contribution is -2.16. The summed E-state index contributed by atoms with van der Waals surface area (Å²) < 4.78 is 1.75. The molecule has 0 aliphatic heterocycles. The van der Waals surface area contributed by atoms with Crippen molar-refractivity contribution in [1.82, 2.24) is 9.78 Å². The van der Waals surface area contributed by atoms with Crippen molar-refractivity contribution < 1.29 is 4.79 Å². The third kappa shape index (κ3) is 1.96. The minimum absolute atomic E-state index is 0.198. The quantitative estimate of drug-likeness (QED) is 0.772. The Balaban J connectivity index is 1.94. The van der Waals surface area contributed by atoms with Crippen LogP contribution in [0.5, 0.6) is 0 Å². The Labute approximate surface area is 106 Å². The van der Waals surface area contributed by atoms with Crippen LogP contribution in [0.1, 0.15) is 36.2 Å². The molecule has 0 saturated heterocycles. The van der Waals surface area contributed by atoms with Gasteiger partial charge in [0.1, 0.15) is 5.69 Å². The molecule has 0 amide bonds. The van der Waals surface area contributed by atoms with E-state index in [-0.39, 0.29) is 11.7 Å². The molecular formula is C15H16N2O. The van der Waals surface area contributed by atoms with E-state index < -0.39 is 0 Å². The number of nitrogens with zero attached hydrogens (tertiary/aromatic N) is 2. The fraction of sp³-hybridized carbons (Fsp3) is 0.333. The number of carbonyl (C=O) groups is 1. The second-order valence-corrected chi connectivity index (χ2v) is 4.81. The Kier molecular flexibility index (Phi) is 2.97. The van der Waals surface area contributed by atoms with Gasteiger partial charge in [-0.15, -0.1) is 0 Å². The van der Waals surface area contributed by atoms with Crippen molar-refractivity contribution in [2.75, 3.05) is 0 Å². The highest BCUT2D eigenvalue weighted by Crippen LogP contribution is 2.28. The van der Waals surface area contributed by atoms with Gasteiger partial charge in [0.25, 0.3) is 0 Å². The summed E-state index contributed by atoms with van der Waals surface area (Å²) in [4.78, 5) is 12.4. The molecule has 3 nitrogen and oxygen atoms in total. The molecule has 0 bridgehead atoms. The van der Waals surface area contributed by atoms with Crippen LogP contribution in [0.4, 0.5) is 0 Å². The molecule has 18 heavy (non-hydrogen) atoms. The van der Waals surface area contributed by atoms with Crippen LogP contribution in [-0.4, -0.2) is 15.6 Å². The van der Waals surface area contributed by atoms with Crippen LogP contribution in [-0.2, 0) is 0 Å². The standard InChI is InChI=1S/C15H16N2O/c18-15(12-6-4-5-7-12)14-10-11-16-17(14)13-8-2-1-3-9-13/h1-3,8-12H,4-7H2. The van der Waals surface area contributed by atoms with Crippen molar-refractivity contribution in [3.8, 4) is 5.69 Å². The third-order valence-electron chi connectivity index (χ3n) is 3.62. The summed E-state index contributed by atoms with van der Waals surface area (Å²) in [5.74, 6) is 0.443. The molecule has 3 heteroatoms. The SMILES string of the molecule is O=C(c1ccnn1-c1ccccc1)C1CCCC1.